The Bertz CT molecular complexity index is 864. The summed E-state index contributed by atoms with van der Waals surface area (Å²) >= 11 is 0. The molecule has 28 heavy (non-hydrogen) atoms. The molecule has 4 nitrogen and oxygen atoms in total. The number of benzene rings is 1. The molecule has 1 heterocycles. The highest BCUT2D eigenvalue weighted by Gasteiger charge is 2.61. The smallest absolute Gasteiger partial charge is 0.227 e. The van der Waals surface area contributed by atoms with Crippen LogP contribution in [0.1, 0.15) is 52.2 Å². The lowest BCUT2D eigenvalue weighted by Crippen LogP contribution is -2.42. The van der Waals surface area contributed by atoms with Crippen LogP contribution in [0.4, 0.5) is 0 Å². The third kappa shape index (κ3) is 4.35. The van der Waals surface area contributed by atoms with Crippen LogP contribution < -0.4 is 0 Å². The summed E-state index contributed by atoms with van der Waals surface area (Å²) in [5.41, 5.74) is 3.47. The van der Waals surface area contributed by atoms with E-state index in [2.05, 4.69) is 65.0 Å². The molecule has 5 heteroatoms. The maximum absolute atomic E-state index is 13.5. The van der Waals surface area contributed by atoms with E-state index in [1.54, 1.807) is 0 Å². The highest BCUT2D eigenvalue weighted by atomic mass is 32.2. The Kier molecular flexibility index (Phi) is 5.77. The minimum Gasteiger partial charge on any atom is -0.334 e. The molecule has 1 aliphatic heterocycles. The van der Waals surface area contributed by atoms with Crippen molar-refractivity contribution in [1.29, 1.82) is 0 Å². The van der Waals surface area contributed by atoms with Crippen LogP contribution >= 0.6 is 0 Å². The van der Waals surface area contributed by atoms with Gasteiger partial charge in [0.25, 0.3) is 0 Å². The van der Waals surface area contributed by atoms with Crippen molar-refractivity contribution >= 4 is 15.7 Å². The standard InChI is InChI=1S/C23H33NO3S/c1-6-17-7-9-18(10-8-17)14-24(19-11-12-28(26,27)15-19)22(25)21-20(13-16(2)3)23(21,4)5/h7-10,13,19-21H,6,11-12,14-15H2,1-5H3. The molecule has 3 atom stereocenters. The molecule has 2 aliphatic rings. The zero-order chi connectivity index (χ0) is 20.7. The number of carbonyl (C=O) groups is 1. The lowest BCUT2D eigenvalue weighted by Gasteiger charge is -2.29. The van der Waals surface area contributed by atoms with Crippen LogP contribution in [0.15, 0.2) is 35.9 Å². The van der Waals surface area contributed by atoms with Crippen molar-refractivity contribution in [2.45, 2.75) is 60.0 Å². The Hall–Kier alpha value is -1.62. The Morgan fingerprint density at radius 2 is 1.79 bits per heavy atom. The third-order valence-corrected chi connectivity index (χ3v) is 8.16. The molecule has 0 radical (unpaired) electrons. The lowest BCUT2D eigenvalue weighted by molar-refractivity contribution is -0.136. The third-order valence-electron chi connectivity index (χ3n) is 6.41. The molecule has 1 aromatic rings. The highest BCUT2D eigenvalue weighted by Crippen LogP contribution is 2.60. The van der Waals surface area contributed by atoms with Gasteiger partial charge in [0, 0.05) is 12.6 Å². The zero-order valence-electron chi connectivity index (χ0n) is 17.7. The summed E-state index contributed by atoms with van der Waals surface area (Å²) in [5.74, 6) is 0.538. The minimum atomic E-state index is -3.05. The Morgan fingerprint density at radius 1 is 1.18 bits per heavy atom. The van der Waals surface area contributed by atoms with Crippen LogP contribution in [0, 0.1) is 17.3 Å². The van der Waals surface area contributed by atoms with Crippen LogP contribution in [-0.2, 0) is 27.6 Å². The summed E-state index contributed by atoms with van der Waals surface area (Å²) in [6.45, 7) is 11.0. The molecule has 0 bridgehead atoms. The summed E-state index contributed by atoms with van der Waals surface area (Å²) < 4.78 is 24.2. The topological polar surface area (TPSA) is 54.5 Å². The van der Waals surface area contributed by atoms with Gasteiger partial charge in [-0.15, -0.1) is 0 Å². The molecular weight excluding hydrogens is 370 g/mol. The first-order valence-electron chi connectivity index (χ1n) is 10.3. The number of amides is 1. The van der Waals surface area contributed by atoms with Crippen LogP contribution in [0.3, 0.4) is 0 Å². The fourth-order valence-corrected chi connectivity index (χ4v) is 6.21. The summed E-state index contributed by atoms with van der Waals surface area (Å²) in [7, 11) is -3.05. The second-order valence-electron chi connectivity index (χ2n) is 9.26. The molecule has 0 aromatic heterocycles. The number of rotatable bonds is 6. The molecule has 3 unspecified atom stereocenters. The van der Waals surface area contributed by atoms with Crippen LogP contribution in [0.25, 0.3) is 0 Å². The van der Waals surface area contributed by atoms with Gasteiger partial charge in [0.05, 0.1) is 17.4 Å². The van der Waals surface area contributed by atoms with Gasteiger partial charge in [0.1, 0.15) is 0 Å². The number of sulfone groups is 1. The van der Waals surface area contributed by atoms with Crippen molar-refractivity contribution in [2.75, 3.05) is 11.5 Å². The van der Waals surface area contributed by atoms with E-state index in [0.29, 0.717) is 13.0 Å². The zero-order valence-corrected chi connectivity index (χ0v) is 18.6. The van der Waals surface area contributed by atoms with Crippen molar-refractivity contribution in [1.82, 2.24) is 4.90 Å². The van der Waals surface area contributed by atoms with Crippen molar-refractivity contribution in [3.8, 4) is 0 Å². The maximum atomic E-state index is 13.5. The first-order chi connectivity index (χ1) is 13.0. The van der Waals surface area contributed by atoms with Gasteiger partial charge in [-0.25, -0.2) is 8.42 Å². The lowest BCUT2D eigenvalue weighted by atomic mass is 10.1. The predicted molar refractivity (Wildman–Crippen MR) is 114 cm³/mol. The molecular formula is C23H33NO3S. The summed E-state index contributed by atoms with van der Waals surface area (Å²) in [6.07, 6.45) is 3.72. The van der Waals surface area contributed by atoms with Gasteiger partial charge in [0.2, 0.25) is 5.91 Å². The number of nitrogens with zero attached hydrogens (tertiary/aromatic N) is 1. The van der Waals surface area contributed by atoms with Crippen molar-refractivity contribution < 1.29 is 13.2 Å². The van der Waals surface area contributed by atoms with Gasteiger partial charge in [0.15, 0.2) is 9.84 Å². The largest absolute Gasteiger partial charge is 0.334 e. The SMILES string of the molecule is CCc1ccc(CN(C(=O)C2C(C=C(C)C)C2(C)C)C2CCS(=O)(=O)C2)cc1. The van der Waals surface area contributed by atoms with Crippen LogP contribution in [0.5, 0.6) is 0 Å². The van der Waals surface area contributed by atoms with Crippen molar-refractivity contribution in [3.05, 3.63) is 47.0 Å². The normalized spacial score (nSPS) is 27.2. The average Bonchev–Trinajstić information content (AvgIpc) is 2.95. The number of hydrogen-bond donors (Lipinski definition) is 0. The minimum absolute atomic E-state index is 0.0689. The molecule has 3 rings (SSSR count). The first kappa shape index (κ1) is 21.1. The molecule has 1 saturated carbocycles. The Morgan fingerprint density at radius 3 is 2.29 bits per heavy atom. The Labute approximate surface area is 169 Å². The molecule has 0 spiro atoms. The van der Waals surface area contributed by atoms with E-state index in [4.69, 9.17) is 0 Å². The van der Waals surface area contributed by atoms with Gasteiger partial charge < -0.3 is 4.90 Å². The molecule has 1 aliphatic carbocycles. The van der Waals surface area contributed by atoms with Crippen molar-refractivity contribution in [2.24, 2.45) is 17.3 Å². The van der Waals surface area contributed by atoms with Crippen molar-refractivity contribution in [3.63, 3.8) is 0 Å². The molecule has 154 valence electrons. The second kappa shape index (κ2) is 7.66. The van der Waals surface area contributed by atoms with Gasteiger partial charge in [-0.3, -0.25) is 4.79 Å². The summed E-state index contributed by atoms with van der Waals surface area (Å²) in [6, 6.07) is 8.10. The molecule has 1 amide bonds. The molecule has 1 aromatic carbocycles. The van der Waals surface area contributed by atoms with E-state index >= 15 is 0 Å². The maximum Gasteiger partial charge on any atom is 0.227 e. The fraction of sp³-hybridized carbons (Fsp3) is 0.609. The molecule has 2 fully saturated rings. The quantitative estimate of drug-likeness (QED) is 0.675. The fourth-order valence-electron chi connectivity index (χ4n) is 4.48. The van der Waals surface area contributed by atoms with E-state index in [1.807, 2.05) is 4.90 Å². The van der Waals surface area contributed by atoms with E-state index in [9.17, 15) is 13.2 Å². The highest BCUT2D eigenvalue weighted by molar-refractivity contribution is 7.91. The van der Waals surface area contributed by atoms with Gasteiger partial charge in [-0.05, 0) is 49.1 Å². The average molecular weight is 404 g/mol. The predicted octanol–water partition coefficient (Wildman–Crippen LogP) is 4.00. The second-order valence-corrected chi connectivity index (χ2v) is 11.5. The van der Waals surface area contributed by atoms with E-state index < -0.39 is 9.84 Å². The van der Waals surface area contributed by atoms with Gasteiger partial charge in [-0.2, -0.15) is 0 Å². The first-order valence-corrected chi connectivity index (χ1v) is 12.1. The number of hydrogen-bond acceptors (Lipinski definition) is 3. The van der Waals surface area contributed by atoms with Gasteiger partial charge in [-0.1, -0.05) is 56.7 Å². The molecule has 1 saturated heterocycles. The number of carbonyl (C=O) groups excluding carboxylic acids is 1. The van der Waals surface area contributed by atoms with Crippen LogP contribution in [-0.4, -0.2) is 36.8 Å². The molecule has 0 N–H and O–H groups in total. The Balaban J connectivity index is 1.86. The van der Waals surface area contributed by atoms with E-state index in [-0.39, 0.29) is 40.7 Å². The van der Waals surface area contributed by atoms with Crippen LogP contribution in [0.2, 0.25) is 0 Å². The monoisotopic (exact) mass is 403 g/mol. The van der Waals surface area contributed by atoms with E-state index in [1.165, 1.54) is 11.1 Å². The summed E-state index contributed by atoms with van der Waals surface area (Å²) in [4.78, 5) is 15.4. The van der Waals surface area contributed by atoms with E-state index in [0.717, 1.165) is 12.0 Å². The number of aryl methyl sites for hydroxylation is 1. The summed E-state index contributed by atoms with van der Waals surface area (Å²) in [5, 5.41) is 0. The van der Waals surface area contributed by atoms with Gasteiger partial charge >= 0.3 is 0 Å². The number of allylic oxidation sites excluding steroid dienone is 2.